The number of nitrogen functional groups attached to an aromatic ring is 1. The molecule has 94 valence electrons. The fourth-order valence-corrected chi connectivity index (χ4v) is 2.26. The summed E-state index contributed by atoms with van der Waals surface area (Å²) in [6.45, 7) is 0. The minimum atomic E-state index is -1.04. The van der Waals surface area contributed by atoms with Crippen LogP contribution in [-0.4, -0.2) is 11.1 Å². The van der Waals surface area contributed by atoms with Crippen molar-refractivity contribution in [2.45, 2.75) is 10.6 Å². The SMILES string of the molecule is Nc1ccc(SCc2occc2C(=O)O)cc1F. The predicted octanol–water partition coefficient (Wildman–Crippen LogP) is 2.99. The van der Waals surface area contributed by atoms with Crippen molar-refractivity contribution >= 4 is 23.4 Å². The lowest BCUT2D eigenvalue weighted by Gasteiger charge is -2.02. The van der Waals surface area contributed by atoms with Crippen LogP contribution in [0.1, 0.15) is 16.1 Å². The van der Waals surface area contributed by atoms with Gasteiger partial charge in [0.2, 0.25) is 0 Å². The van der Waals surface area contributed by atoms with Crippen LogP contribution in [0.2, 0.25) is 0 Å². The summed E-state index contributed by atoms with van der Waals surface area (Å²) in [5.41, 5.74) is 5.57. The van der Waals surface area contributed by atoms with E-state index in [0.717, 1.165) is 0 Å². The van der Waals surface area contributed by atoms with Gasteiger partial charge in [0.1, 0.15) is 17.1 Å². The average molecular weight is 267 g/mol. The Morgan fingerprint density at radius 1 is 1.44 bits per heavy atom. The number of benzene rings is 1. The lowest BCUT2D eigenvalue weighted by Crippen LogP contribution is -1.97. The van der Waals surface area contributed by atoms with E-state index >= 15 is 0 Å². The van der Waals surface area contributed by atoms with Crippen molar-refractivity contribution in [2.75, 3.05) is 5.73 Å². The zero-order valence-electron chi connectivity index (χ0n) is 9.22. The second-order valence-corrected chi connectivity index (χ2v) is 4.58. The number of hydrogen-bond donors (Lipinski definition) is 2. The maximum atomic E-state index is 13.2. The van der Waals surface area contributed by atoms with E-state index in [1.807, 2.05) is 0 Å². The Morgan fingerprint density at radius 2 is 2.22 bits per heavy atom. The van der Waals surface area contributed by atoms with Crippen LogP contribution in [-0.2, 0) is 5.75 Å². The van der Waals surface area contributed by atoms with Crippen LogP contribution in [0.4, 0.5) is 10.1 Å². The Bertz CT molecular complexity index is 582. The maximum absolute atomic E-state index is 13.2. The maximum Gasteiger partial charge on any atom is 0.339 e. The highest BCUT2D eigenvalue weighted by atomic mass is 32.2. The summed E-state index contributed by atoms with van der Waals surface area (Å²) in [5.74, 6) is -0.858. The van der Waals surface area contributed by atoms with E-state index in [-0.39, 0.29) is 11.3 Å². The monoisotopic (exact) mass is 267 g/mol. The summed E-state index contributed by atoms with van der Waals surface area (Å²) in [5, 5.41) is 8.89. The van der Waals surface area contributed by atoms with E-state index in [2.05, 4.69) is 0 Å². The van der Waals surface area contributed by atoms with Crippen LogP contribution in [0, 0.1) is 5.82 Å². The Labute approximate surface area is 107 Å². The van der Waals surface area contributed by atoms with E-state index < -0.39 is 11.8 Å². The van der Waals surface area contributed by atoms with E-state index in [1.54, 1.807) is 6.07 Å². The molecule has 0 atom stereocenters. The number of thioether (sulfide) groups is 1. The first-order chi connectivity index (χ1) is 8.58. The van der Waals surface area contributed by atoms with E-state index in [4.69, 9.17) is 15.3 Å². The van der Waals surface area contributed by atoms with Gasteiger partial charge in [-0.25, -0.2) is 9.18 Å². The third kappa shape index (κ3) is 2.65. The van der Waals surface area contributed by atoms with Crippen LogP contribution in [0.25, 0.3) is 0 Å². The van der Waals surface area contributed by atoms with Gasteiger partial charge >= 0.3 is 5.97 Å². The number of nitrogens with two attached hydrogens (primary N) is 1. The molecule has 0 aliphatic rings. The molecule has 3 N–H and O–H groups in total. The van der Waals surface area contributed by atoms with Crippen molar-refractivity contribution < 1.29 is 18.7 Å². The molecule has 1 aromatic heterocycles. The third-order valence-corrected chi connectivity index (χ3v) is 3.31. The molecule has 0 saturated carbocycles. The van der Waals surface area contributed by atoms with Gasteiger partial charge in [0.05, 0.1) is 17.7 Å². The summed E-state index contributed by atoms with van der Waals surface area (Å²) in [6, 6.07) is 5.84. The van der Waals surface area contributed by atoms with E-state index in [1.165, 1.54) is 36.2 Å². The topological polar surface area (TPSA) is 76.5 Å². The zero-order chi connectivity index (χ0) is 13.1. The standard InChI is InChI=1S/C12H10FNO3S/c13-9-5-7(1-2-10(9)14)18-6-11-8(12(15)16)3-4-17-11/h1-5H,6,14H2,(H,15,16). The highest BCUT2D eigenvalue weighted by Crippen LogP contribution is 2.27. The number of aromatic carboxylic acids is 1. The smallest absolute Gasteiger partial charge is 0.339 e. The molecule has 6 heteroatoms. The number of furan rings is 1. The normalized spacial score (nSPS) is 10.5. The van der Waals surface area contributed by atoms with Crippen molar-refractivity contribution in [1.82, 2.24) is 0 Å². The van der Waals surface area contributed by atoms with Crippen LogP contribution in [0.15, 0.2) is 39.8 Å². The molecule has 0 fully saturated rings. The van der Waals surface area contributed by atoms with Gasteiger partial charge in [-0.3, -0.25) is 0 Å². The summed E-state index contributed by atoms with van der Waals surface area (Å²) >= 11 is 1.28. The van der Waals surface area contributed by atoms with Gasteiger partial charge in [-0.15, -0.1) is 11.8 Å². The fourth-order valence-electron chi connectivity index (χ4n) is 1.39. The van der Waals surface area contributed by atoms with Crippen LogP contribution < -0.4 is 5.73 Å². The second kappa shape index (κ2) is 5.14. The first-order valence-electron chi connectivity index (χ1n) is 5.05. The molecule has 0 aliphatic carbocycles. The zero-order valence-corrected chi connectivity index (χ0v) is 10.0. The summed E-state index contributed by atoms with van der Waals surface area (Å²) in [7, 11) is 0. The van der Waals surface area contributed by atoms with Crippen LogP contribution in [0.5, 0.6) is 0 Å². The first-order valence-corrected chi connectivity index (χ1v) is 6.04. The van der Waals surface area contributed by atoms with Gasteiger partial charge in [-0.2, -0.15) is 0 Å². The van der Waals surface area contributed by atoms with Crippen molar-refractivity contribution in [3.8, 4) is 0 Å². The lowest BCUT2D eigenvalue weighted by atomic mass is 10.3. The van der Waals surface area contributed by atoms with Gasteiger partial charge in [0.25, 0.3) is 0 Å². The number of anilines is 1. The van der Waals surface area contributed by atoms with E-state index in [9.17, 15) is 9.18 Å². The first kappa shape index (κ1) is 12.5. The Morgan fingerprint density at radius 3 is 2.89 bits per heavy atom. The molecule has 0 aliphatic heterocycles. The minimum absolute atomic E-state index is 0.0866. The molecule has 4 nitrogen and oxygen atoms in total. The lowest BCUT2D eigenvalue weighted by molar-refractivity contribution is 0.0695. The molecule has 18 heavy (non-hydrogen) atoms. The van der Waals surface area contributed by atoms with Crippen LogP contribution in [0.3, 0.4) is 0 Å². The molecule has 2 rings (SSSR count). The van der Waals surface area contributed by atoms with Crippen molar-refractivity contribution in [3.63, 3.8) is 0 Å². The number of halogens is 1. The molecular formula is C12H10FNO3S. The molecule has 0 radical (unpaired) electrons. The second-order valence-electron chi connectivity index (χ2n) is 3.53. The van der Waals surface area contributed by atoms with Gasteiger partial charge in [-0.1, -0.05) is 0 Å². The molecule has 0 bridgehead atoms. The Hall–Kier alpha value is -1.95. The van der Waals surface area contributed by atoms with Gasteiger partial charge < -0.3 is 15.3 Å². The average Bonchev–Trinajstić information content (AvgIpc) is 2.79. The van der Waals surface area contributed by atoms with Crippen molar-refractivity contribution in [3.05, 3.63) is 47.7 Å². The van der Waals surface area contributed by atoms with E-state index in [0.29, 0.717) is 16.4 Å². The highest BCUT2D eigenvalue weighted by molar-refractivity contribution is 7.98. The largest absolute Gasteiger partial charge is 0.478 e. The molecule has 1 aromatic carbocycles. The summed E-state index contributed by atoms with van der Waals surface area (Å²) in [4.78, 5) is 11.5. The summed E-state index contributed by atoms with van der Waals surface area (Å²) < 4.78 is 18.3. The number of carboxylic acid groups (broad SMARTS) is 1. The van der Waals surface area contributed by atoms with Gasteiger partial charge in [0.15, 0.2) is 0 Å². The molecule has 2 aromatic rings. The number of carbonyl (C=O) groups is 1. The minimum Gasteiger partial charge on any atom is -0.478 e. The number of carboxylic acids is 1. The predicted molar refractivity (Wildman–Crippen MR) is 66.0 cm³/mol. The third-order valence-electron chi connectivity index (χ3n) is 2.32. The molecule has 1 heterocycles. The van der Waals surface area contributed by atoms with Crippen molar-refractivity contribution in [2.24, 2.45) is 0 Å². The Balaban J connectivity index is 2.09. The number of rotatable bonds is 4. The van der Waals surface area contributed by atoms with Gasteiger partial charge in [0, 0.05) is 4.90 Å². The molecule has 0 unspecified atom stereocenters. The number of hydrogen-bond acceptors (Lipinski definition) is 4. The molecular weight excluding hydrogens is 257 g/mol. The Kier molecular flexibility index (Phi) is 3.57. The fraction of sp³-hybridized carbons (Fsp3) is 0.0833. The quantitative estimate of drug-likeness (QED) is 0.657. The summed E-state index contributed by atoms with van der Waals surface area (Å²) in [6.07, 6.45) is 1.32. The van der Waals surface area contributed by atoms with Crippen LogP contribution >= 0.6 is 11.8 Å². The molecule has 0 spiro atoms. The molecule has 0 amide bonds. The van der Waals surface area contributed by atoms with Gasteiger partial charge in [-0.05, 0) is 24.3 Å². The molecule has 0 saturated heterocycles. The van der Waals surface area contributed by atoms with Crippen molar-refractivity contribution in [1.29, 1.82) is 0 Å². The highest BCUT2D eigenvalue weighted by Gasteiger charge is 2.13.